The van der Waals surface area contributed by atoms with Crippen LogP contribution in [0.1, 0.15) is 24.5 Å². The number of hydrogen-bond donors (Lipinski definition) is 1. The molecular formula is C18H22FNO2. The van der Waals surface area contributed by atoms with E-state index in [0.29, 0.717) is 23.6 Å². The average Bonchev–Trinajstić information content (AvgIpc) is 2.55. The van der Waals surface area contributed by atoms with Gasteiger partial charge in [0.05, 0.1) is 7.11 Å². The van der Waals surface area contributed by atoms with Gasteiger partial charge in [0.25, 0.3) is 0 Å². The number of ether oxygens (including phenoxy) is 2. The smallest absolute Gasteiger partial charge is 0.166 e. The van der Waals surface area contributed by atoms with E-state index in [-0.39, 0.29) is 12.4 Å². The Hall–Kier alpha value is -2.07. The minimum absolute atomic E-state index is 0.174. The van der Waals surface area contributed by atoms with Gasteiger partial charge < -0.3 is 14.8 Å². The molecule has 0 radical (unpaired) electrons. The van der Waals surface area contributed by atoms with E-state index in [9.17, 15) is 4.39 Å². The van der Waals surface area contributed by atoms with Gasteiger partial charge in [0.2, 0.25) is 0 Å². The normalized spacial score (nSPS) is 10.5. The van der Waals surface area contributed by atoms with E-state index >= 15 is 0 Å². The van der Waals surface area contributed by atoms with E-state index in [1.54, 1.807) is 25.3 Å². The summed E-state index contributed by atoms with van der Waals surface area (Å²) in [6.07, 6.45) is 1.06. The molecule has 0 aliphatic rings. The Morgan fingerprint density at radius 2 is 1.82 bits per heavy atom. The highest BCUT2D eigenvalue weighted by Crippen LogP contribution is 2.32. The van der Waals surface area contributed by atoms with Crippen molar-refractivity contribution in [3.63, 3.8) is 0 Å². The number of hydrogen-bond acceptors (Lipinski definition) is 3. The molecule has 0 bridgehead atoms. The molecule has 0 heterocycles. The molecule has 4 heteroatoms. The quantitative estimate of drug-likeness (QED) is 0.750. The van der Waals surface area contributed by atoms with Crippen LogP contribution in [0.2, 0.25) is 0 Å². The summed E-state index contributed by atoms with van der Waals surface area (Å²) in [7, 11) is 1.61. The molecule has 1 N–H and O–H groups in total. The van der Waals surface area contributed by atoms with Crippen molar-refractivity contribution in [2.24, 2.45) is 0 Å². The highest BCUT2D eigenvalue weighted by molar-refractivity contribution is 5.46. The lowest BCUT2D eigenvalue weighted by Gasteiger charge is -2.15. The van der Waals surface area contributed by atoms with Crippen molar-refractivity contribution < 1.29 is 13.9 Å². The van der Waals surface area contributed by atoms with Crippen molar-refractivity contribution in [3.8, 4) is 11.5 Å². The topological polar surface area (TPSA) is 30.5 Å². The van der Waals surface area contributed by atoms with Crippen LogP contribution in [0, 0.1) is 5.82 Å². The van der Waals surface area contributed by atoms with Crippen molar-refractivity contribution in [1.29, 1.82) is 0 Å². The van der Waals surface area contributed by atoms with Gasteiger partial charge in [-0.05, 0) is 25.1 Å². The number of benzene rings is 2. The third-order valence-corrected chi connectivity index (χ3v) is 3.35. The Morgan fingerprint density at radius 3 is 2.55 bits per heavy atom. The standard InChI is InChI=1S/C18H22FNO2/c1-3-11-20-12-14-8-6-10-17(21-2)18(14)22-13-15-7-4-5-9-16(15)19/h4-10,20H,3,11-13H2,1-2H3. The molecule has 0 aliphatic heterocycles. The van der Waals surface area contributed by atoms with Crippen molar-refractivity contribution >= 4 is 0 Å². The minimum atomic E-state index is -0.261. The van der Waals surface area contributed by atoms with E-state index in [2.05, 4.69) is 12.2 Å². The molecule has 0 atom stereocenters. The Morgan fingerprint density at radius 1 is 1.05 bits per heavy atom. The van der Waals surface area contributed by atoms with Crippen LogP contribution in [0.15, 0.2) is 42.5 Å². The van der Waals surface area contributed by atoms with Crippen LogP contribution < -0.4 is 14.8 Å². The average molecular weight is 303 g/mol. The summed E-state index contributed by atoms with van der Waals surface area (Å²) in [4.78, 5) is 0. The Labute approximate surface area is 131 Å². The predicted molar refractivity (Wildman–Crippen MR) is 85.7 cm³/mol. The summed E-state index contributed by atoms with van der Waals surface area (Å²) in [5.74, 6) is 1.06. The maximum absolute atomic E-state index is 13.7. The van der Waals surface area contributed by atoms with Gasteiger partial charge in [-0.2, -0.15) is 0 Å². The lowest BCUT2D eigenvalue weighted by Crippen LogP contribution is -2.15. The van der Waals surface area contributed by atoms with Crippen LogP contribution in [0.25, 0.3) is 0 Å². The highest BCUT2D eigenvalue weighted by atomic mass is 19.1. The SMILES string of the molecule is CCCNCc1cccc(OC)c1OCc1ccccc1F. The fraction of sp³-hybridized carbons (Fsp3) is 0.333. The number of para-hydroxylation sites is 1. The van der Waals surface area contributed by atoms with Gasteiger partial charge in [-0.1, -0.05) is 37.3 Å². The first-order valence-corrected chi connectivity index (χ1v) is 7.49. The van der Waals surface area contributed by atoms with E-state index in [0.717, 1.165) is 18.5 Å². The molecule has 0 aliphatic carbocycles. The van der Waals surface area contributed by atoms with Crippen molar-refractivity contribution in [2.45, 2.75) is 26.5 Å². The van der Waals surface area contributed by atoms with E-state index in [1.807, 2.05) is 18.2 Å². The monoisotopic (exact) mass is 303 g/mol. The maximum Gasteiger partial charge on any atom is 0.166 e. The molecule has 118 valence electrons. The Bertz CT molecular complexity index is 601. The molecule has 0 unspecified atom stereocenters. The second-order valence-electron chi connectivity index (χ2n) is 5.01. The molecule has 2 aromatic carbocycles. The molecule has 2 aromatic rings. The highest BCUT2D eigenvalue weighted by Gasteiger charge is 2.11. The Kier molecular flexibility index (Phi) is 6.22. The van der Waals surface area contributed by atoms with Gasteiger partial charge in [0, 0.05) is 17.7 Å². The van der Waals surface area contributed by atoms with Crippen LogP contribution in [-0.2, 0) is 13.2 Å². The first-order chi connectivity index (χ1) is 10.8. The summed E-state index contributed by atoms with van der Waals surface area (Å²) in [6.45, 7) is 3.92. The summed E-state index contributed by atoms with van der Waals surface area (Å²) in [6, 6.07) is 12.4. The minimum Gasteiger partial charge on any atom is -0.493 e. The van der Waals surface area contributed by atoms with Crippen LogP contribution in [0.4, 0.5) is 4.39 Å². The van der Waals surface area contributed by atoms with E-state index in [1.165, 1.54) is 6.07 Å². The maximum atomic E-state index is 13.7. The van der Waals surface area contributed by atoms with Crippen LogP contribution in [0.3, 0.4) is 0 Å². The molecule has 0 amide bonds. The lowest BCUT2D eigenvalue weighted by atomic mass is 10.1. The molecule has 0 fully saturated rings. The molecule has 0 aromatic heterocycles. The third kappa shape index (κ3) is 4.21. The molecule has 0 saturated carbocycles. The van der Waals surface area contributed by atoms with Crippen LogP contribution >= 0.6 is 0 Å². The second kappa shape index (κ2) is 8.39. The largest absolute Gasteiger partial charge is 0.493 e. The molecule has 3 nitrogen and oxygen atoms in total. The summed E-state index contributed by atoms with van der Waals surface area (Å²) in [5.41, 5.74) is 1.53. The van der Waals surface area contributed by atoms with Gasteiger partial charge in [-0.3, -0.25) is 0 Å². The van der Waals surface area contributed by atoms with Crippen molar-refractivity contribution in [1.82, 2.24) is 5.32 Å². The summed E-state index contributed by atoms with van der Waals surface area (Å²) in [5, 5.41) is 3.34. The molecule has 0 saturated heterocycles. The zero-order chi connectivity index (χ0) is 15.8. The number of halogens is 1. The molecule has 0 spiro atoms. The van der Waals surface area contributed by atoms with Crippen LogP contribution in [-0.4, -0.2) is 13.7 Å². The fourth-order valence-corrected chi connectivity index (χ4v) is 2.19. The molecule has 2 rings (SSSR count). The summed E-state index contributed by atoms with van der Waals surface area (Å²) < 4.78 is 24.9. The number of methoxy groups -OCH3 is 1. The van der Waals surface area contributed by atoms with E-state index in [4.69, 9.17) is 9.47 Å². The first kappa shape index (κ1) is 16.3. The van der Waals surface area contributed by atoms with Gasteiger partial charge in [0.1, 0.15) is 12.4 Å². The molecular weight excluding hydrogens is 281 g/mol. The fourth-order valence-electron chi connectivity index (χ4n) is 2.19. The van der Waals surface area contributed by atoms with Gasteiger partial charge in [-0.15, -0.1) is 0 Å². The first-order valence-electron chi connectivity index (χ1n) is 7.49. The van der Waals surface area contributed by atoms with Crippen LogP contribution in [0.5, 0.6) is 11.5 Å². The second-order valence-corrected chi connectivity index (χ2v) is 5.01. The lowest BCUT2D eigenvalue weighted by molar-refractivity contribution is 0.276. The van der Waals surface area contributed by atoms with Crippen molar-refractivity contribution in [2.75, 3.05) is 13.7 Å². The zero-order valence-corrected chi connectivity index (χ0v) is 13.1. The number of nitrogens with one attached hydrogen (secondary N) is 1. The predicted octanol–water partition coefficient (Wildman–Crippen LogP) is 3.91. The van der Waals surface area contributed by atoms with Gasteiger partial charge in [0.15, 0.2) is 11.5 Å². The van der Waals surface area contributed by atoms with Gasteiger partial charge in [-0.25, -0.2) is 4.39 Å². The van der Waals surface area contributed by atoms with Crippen molar-refractivity contribution in [3.05, 3.63) is 59.4 Å². The Balaban J connectivity index is 2.15. The molecule has 22 heavy (non-hydrogen) atoms. The van der Waals surface area contributed by atoms with E-state index < -0.39 is 0 Å². The number of rotatable bonds is 8. The summed E-state index contributed by atoms with van der Waals surface area (Å²) >= 11 is 0. The third-order valence-electron chi connectivity index (χ3n) is 3.35. The van der Waals surface area contributed by atoms with Gasteiger partial charge >= 0.3 is 0 Å². The zero-order valence-electron chi connectivity index (χ0n) is 13.1.